The molecule has 0 aliphatic heterocycles. The summed E-state index contributed by atoms with van der Waals surface area (Å²) in [5, 5.41) is -0.224. The van der Waals surface area contributed by atoms with Gasteiger partial charge < -0.3 is 0 Å². The van der Waals surface area contributed by atoms with Crippen LogP contribution >= 0.6 is 11.6 Å². The number of nitrogens with one attached hydrogen (secondary N) is 1. The summed E-state index contributed by atoms with van der Waals surface area (Å²) in [7, 11) is 0. The van der Waals surface area contributed by atoms with Crippen LogP contribution in [0, 0.1) is 0 Å². The second-order valence-electron chi connectivity index (χ2n) is 5.41. The molecule has 0 bridgehead atoms. The zero-order chi connectivity index (χ0) is 18.9. The van der Waals surface area contributed by atoms with E-state index < -0.39 is 23.5 Å². The average Bonchev–Trinajstić information content (AvgIpc) is 2.57. The third-order valence-electron chi connectivity index (χ3n) is 3.55. The molecule has 0 unspecified atom stereocenters. The number of rotatable bonds is 3. The monoisotopic (exact) mass is 381 g/mol. The SMILES string of the molecule is O=C(Cc1ccccc1)Nn1c(C(F)(F)F)nc2c(Cl)cccc2c1=O. The number of carbonyl (C=O) groups excluding carboxylic acids is 1. The minimum atomic E-state index is -4.97. The number of fused-ring (bicyclic) bond motifs is 1. The van der Waals surface area contributed by atoms with E-state index in [0.29, 0.717) is 5.56 Å². The van der Waals surface area contributed by atoms with Gasteiger partial charge in [0.2, 0.25) is 11.7 Å². The fraction of sp³-hybridized carbons (Fsp3) is 0.118. The molecule has 26 heavy (non-hydrogen) atoms. The Kier molecular flexibility index (Phi) is 4.69. The molecule has 2 aromatic carbocycles. The maximum atomic E-state index is 13.3. The Labute approximate surface area is 150 Å². The van der Waals surface area contributed by atoms with E-state index in [9.17, 15) is 22.8 Å². The number of benzene rings is 2. The smallest absolute Gasteiger partial charge is 0.273 e. The number of aromatic nitrogens is 2. The molecule has 0 aliphatic rings. The first-order valence-electron chi connectivity index (χ1n) is 7.39. The molecule has 9 heteroatoms. The molecule has 0 radical (unpaired) electrons. The number of amides is 1. The fourth-order valence-corrected chi connectivity index (χ4v) is 2.63. The number of hydrogen-bond acceptors (Lipinski definition) is 3. The van der Waals surface area contributed by atoms with Crippen molar-refractivity contribution in [3.8, 4) is 0 Å². The van der Waals surface area contributed by atoms with Crippen LogP contribution in [0.1, 0.15) is 11.4 Å². The van der Waals surface area contributed by atoms with Crippen LogP contribution in [0.3, 0.4) is 0 Å². The highest BCUT2D eigenvalue weighted by Crippen LogP contribution is 2.29. The number of nitrogens with zero attached hydrogens (tertiary/aromatic N) is 2. The van der Waals surface area contributed by atoms with Crippen molar-refractivity contribution in [3.63, 3.8) is 0 Å². The van der Waals surface area contributed by atoms with Crippen molar-refractivity contribution in [2.45, 2.75) is 12.6 Å². The summed E-state index contributed by atoms with van der Waals surface area (Å²) in [6.45, 7) is 0. The predicted molar refractivity (Wildman–Crippen MR) is 90.5 cm³/mol. The van der Waals surface area contributed by atoms with E-state index in [0.717, 1.165) is 0 Å². The molecule has 1 N–H and O–H groups in total. The van der Waals surface area contributed by atoms with Gasteiger partial charge in [0.15, 0.2) is 0 Å². The fourth-order valence-electron chi connectivity index (χ4n) is 2.41. The molecule has 134 valence electrons. The van der Waals surface area contributed by atoms with Gasteiger partial charge in [-0.15, -0.1) is 0 Å². The maximum Gasteiger partial charge on any atom is 0.451 e. The lowest BCUT2D eigenvalue weighted by Crippen LogP contribution is -2.39. The van der Waals surface area contributed by atoms with Crippen molar-refractivity contribution in [3.05, 3.63) is 75.3 Å². The Balaban J connectivity index is 2.08. The Bertz CT molecular complexity index is 1030. The third-order valence-corrected chi connectivity index (χ3v) is 3.85. The summed E-state index contributed by atoms with van der Waals surface area (Å²) in [5.74, 6) is -2.34. The van der Waals surface area contributed by atoms with Crippen LogP contribution in [-0.4, -0.2) is 15.6 Å². The molecule has 0 spiro atoms. The van der Waals surface area contributed by atoms with Crippen LogP contribution in [0.15, 0.2) is 53.3 Å². The van der Waals surface area contributed by atoms with Crippen LogP contribution in [0.5, 0.6) is 0 Å². The number of carbonyl (C=O) groups is 1. The number of halogens is 4. The third kappa shape index (κ3) is 3.55. The van der Waals surface area contributed by atoms with E-state index in [1.165, 1.54) is 18.2 Å². The average molecular weight is 382 g/mol. The summed E-state index contributed by atoms with van der Waals surface area (Å²) in [6, 6.07) is 12.4. The molecule has 1 amide bonds. The molecule has 5 nitrogen and oxygen atoms in total. The minimum absolute atomic E-state index is 0.0899. The van der Waals surface area contributed by atoms with Gasteiger partial charge in [-0.3, -0.25) is 15.0 Å². The van der Waals surface area contributed by atoms with E-state index in [-0.39, 0.29) is 27.0 Å². The first-order chi connectivity index (χ1) is 12.3. The summed E-state index contributed by atoms with van der Waals surface area (Å²) < 4.78 is 40.2. The topological polar surface area (TPSA) is 64.0 Å². The van der Waals surface area contributed by atoms with Crippen molar-refractivity contribution in [2.75, 3.05) is 5.43 Å². The van der Waals surface area contributed by atoms with Crippen molar-refractivity contribution < 1.29 is 18.0 Å². The second-order valence-corrected chi connectivity index (χ2v) is 5.81. The summed E-state index contributed by atoms with van der Waals surface area (Å²) in [6.07, 6.45) is -5.16. The first kappa shape index (κ1) is 17.9. The van der Waals surface area contributed by atoms with Crippen molar-refractivity contribution in [1.82, 2.24) is 9.66 Å². The Morgan fingerprint density at radius 2 is 1.81 bits per heavy atom. The van der Waals surface area contributed by atoms with E-state index in [1.54, 1.807) is 30.3 Å². The zero-order valence-corrected chi connectivity index (χ0v) is 13.8. The van der Waals surface area contributed by atoms with Crippen LogP contribution in [0.25, 0.3) is 10.9 Å². The molecular weight excluding hydrogens is 371 g/mol. The molecular formula is C17H11ClF3N3O2. The molecule has 1 aromatic heterocycles. The largest absolute Gasteiger partial charge is 0.451 e. The molecule has 0 saturated carbocycles. The lowest BCUT2D eigenvalue weighted by Gasteiger charge is -2.16. The van der Waals surface area contributed by atoms with Gasteiger partial charge in [-0.2, -0.15) is 17.8 Å². The van der Waals surface area contributed by atoms with Gasteiger partial charge in [-0.25, -0.2) is 4.98 Å². The van der Waals surface area contributed by atoms with Gasteiger partial charge >= 0.3 is 6.18 Å². The van der Waals surface area contributed by atoms with Crippen LogP contribution in [-0.2, 0) is 17.4 Å². The summed E-state index contributed by atoms with van der Waals surface area (Å²) >= 11 is 5.85. The highest BCUT2D eigenvalue weighted by atomic mass is 35.5. The normalized spacial score (nSPS) is 11.5. The van der Waals surface area contributed by atoms with Crippen molar-refractivity contribution in [2.24, 2.45) is 0 Å². The molecule has 0 aliphatic carbocycles. The molecule has 0 atom stereocenters. The lowest BCUT2D eigenvalue weighted by atomic mass is 10.1. The molecule has 1 heterocycles. The Morgan fingerprint density at radius 3 is 2.46 bits per heavy atom. The highest BCUT2D eigenvalue weighted by molar-refractivity contribution is 6.34. The van der Waals surface area contributed by atoms with Gasteiger partial charge in [-0.05, 0) is 17.7 Å². The number of hydrogen-bond donors (Lipinski definition) is 1. The molecule has 0 fully saturated rings. The quantitative estimate of drug-likeness (QED) is 0.756. The van der Waals surface area contributed by atoms with Gasteiger partial charge in [0.25, 0.3) is 5.56 Å². The zero-order valence-electron chi connectivity index (χ0n) is 13.0. The number of alkyl halides is 3. The summed E-state index contributed by atoms with van der Waals surface area (Å²) in [4.78, 5) is 28.1. The van der Waals surface area contributed by atoms with E-state index in [1.807, 2.05) is 5.43 Å². The van der Waals surface area contributed by atoms with Gasteiger partial charge in [0.1, 0.15) is 0 Å². The van der Waals surface area contributed by atoms with Crippen molar-refractivity contribution in [1.29, 1.82) is 0 Å². The highest BCUT2D eigenvalue weighted by Gasteiger charge is 2.38. The van der Waals surface area contributed by atoms with Crippen molar-refractivity contribution >= 4 is 28.4 Å². The van der Waals surface area contributed by atoms with E-state index in [2.05, 4.69) is 4.98 Å². The molecule has 3 rings (SSSR count). The van der Waals surface area contributed by atoms with E-state index >= 15 is 0 Å². The maximum absolute atomic E-state index is 13.3. The van der Waals surface area contributed by atoms with Gasteiger partial charge in [-0.1, -0.05) is 48.0 Å². The van der Waals surface area contributed by atoms with Gasteiger partial charge in [0.05, 0.1) is 22.3 Å². The van der Waals surface area contributed by atoms with Gasteiger partial charge in [0, 0.05) is 0 Å². The van der Waals surface area contributed by atoms with Crippen LogP contribution < -0.4 is 11.0 Å². The standard InChI is InChI=1S/C17H11ClF3N3O2/c18-12-8-4-7-11-14(12)22-16(17(19,20)21)24(15(11)26)23-13(25)9-10-5-2-1-3-6-10/h1-8H,9H2,(H,23,25). The second kappa shape index (κ2) is 6.80. The first-order valence-corrected chi connectivity index (χ1v) is 7.77. The van der Waals surface area contributed by atoms with Crippen LogP contribution in [0.4, 0.5) is 13.2 Å². The molecule has 0 saturated heterocycles. The molecule has 3 aromatic rings. The lowest BCUT2D eigenvalue weighted by molar-refractivity contribution is -0.147. The number of para-hydroxylation sites is 1. The Hall–Kier alpha value is -2.87. The Morgan fingerprint density at radius 1 is 1.12 bits per heavy atom. The predicted octanol–water partition coefficient (Wildman–Crippen LogP) is 3.38. The van der Waals surface area contributed by atoms with Crippen LogP contribution in [0.2, 0.25) is 5.02 Å². The summed E-state index contributed by atoms with van der Waals surface area (Å²) in [5.41, 5.74) is 1.23. The minimum Gasteiger partial charge on any atom is -0.273 e. The van der Waals surface area contributed by atoms with E-state index in [4.69, 9.17) is 11.6 Å².